The molecule has 1 atom stereocenters. The maximum Gasteiger partial charge on any atom is 0.251 e. The molecule has 7 heteroatoms. The number of nitrogens with one attached hydrogen (secondary N) is 1. The van der Waals surface area contributed by atoms with Gasteiger partial charge in [0.25, 0.3) is 5.91 Å². The molecule has 7 nitrogen and oxygen atoms in total. The third-order valence-corrected chi connectivity index (χ3v) is 4.82. The number of aromatic nitrogens is 4. The van der Waals surface area contributed by atoms with Crippen molar-refractivity contribution in [1.82, 2.24) is 25.2 Å². The van der Waals surface area contributed by atoms with Gasteiger partial charge in [-0.1, -0.05) is 30.3 Å². The summed E-state index contributed by atoms with van der Waals surface area (Å²) >= 11 is 0. The molecule has 1 N–H and O–H groups in total. The van der Waals surface area contributed by atoms with Crippen molar-refractivity contribution in [3.8, 4) is 11.4 Å². The van der Waals surface area contributed by atoms with E-state index in [9.17, 15) is 4.79 Å². The summed E-state index contributed by atoms with van der Waals surface area (Å²) in [6, 6.07) is 7.17. The van der Waals surface area contributed by atoms with Crippen molar-refractivity contribution in [3.63, 3.8) is 0 Å². The second-order valence-corrected chi connectivity index (χ2v) is 6.91. The minimum atomic E-state index is -0.165. The van der Waals surface area contributed by atoms with E-state index in [-0.39, 0.29) is 11.8 Å². The fraction of sp³-hybridized carbons (Fsp3) is 0.333. The number of rotatable bonds is 7. The van der Waals surface area contributed by atoms with Gasteiger partial charge in [0.05, 0.1) is 5.69 Å². The highest BCUT2D eigenvalue weighted by molar-refractivity contribution is 5.95. The molecule has 28 heavy (non-hydrogen) atoms. The van der Waals surface area contributed by atoms with Crippen LogP contribution in [-0.4, -0.2) is 32.4 Å². The zero-order chi connectivity index (χ0) is 20.3. The lowest BCUT2D eigenvalue weighted by atomic mass is 9.99. The predicted octanol–water partition coefficient (Wildman–Crippen LogP) is 3.35. The highest BCUT2D eigenvalue weighted by atomic mass is 16.5. The Bertz CT molecular complexity index is 1000. The van der Waals surface area contributed by atoms with Crippen molar-refractivity contribution in [1.29, 1.82) is 0 Å². The molecule has 2 aromatic heterocycles. The van der Waals surface area contributed by atoms with Crippen LogP contribution in [0.1, 0.15) is 46.0 Å². The first-order chi connectivity index (χ1) is 13.4. The quantitative estimate of drug-likeness (QED) is 0.636. The van der Waals surface area contributed by atoms with E-state index in [1.165, 1.54) is 5.56 Å². The fourth-order valence-electron chi connectivity index (χ4n) is 3.13. The Kier molecular flexibility index (Phi) is 5.73. The van der Waals surface area contributed by atoms with Crippen LogP contribution in [0.3, 0.4) is 0 Å². The summed E-state index contributed by atoms with van der Waals surface area (Å²) in [6.07, 6.45) is 2.41. The average molecular weight is 379 g/mol. The van der Waals surface area contributed by atoms with Crippen LogP contribution >= 0.6 is 0 Å². The summed E-state index contributed by atoms with van der Waals surface area (Å²) in [7, 11) is 1.94. The lowest BCUT2D eigenvalue weighted by Gasteiger charge is -2.07. The third kappa shape index (κ3) is 4.03. The van der Waals surface area contributed by atoms with Gasteiger partial charge in [0, 0.05) is 36.3 Å². The molecule has 3 aromatic rings. The van der Waals surface area contributed by atoms with E-state index < -0.39 is 0 Å². The van der Waals surface area contributed by atoms with Crippen molar-refractivity contribution < 1.29 is 9.32 Å². The van der Waals surface area contributed by atoms with Gasteiger partial charge in [-0.15, -0.1) is 6.58 Å². The van der Waals surface area contributed by atoms with Crippen molar-refractivity contribution >= 4 is 5.91 Å². The van der Waals surface area contributed by atoms with Crippen LogP contribution in [0.4, 0.5) is 0 Å². The van der Waals surface area contributed by atoms with E-state index in [1.807, 2.05) is 24.7 Å². The molecular formula is C21H25N5O2. The lowest BCUT2D eigenvalue weighted by molar-refractivity contribution is 0.0958. The number of amides is 1. The smallest absolute Gasteiger partial charge is 0.251 e. The average Bonchev–Trinajstić information content (AvgIpc) is 3.27. The van der Waals surface area contributed by atoms with Crippen LogP contribution in [-0.2, 0) is 13.5 Å². The van der Waals surface area contributed by atoms with Gasteiger partial charge in [-0.2, -0.15) is 10.1 Å². The summed E-state index contributed by atoms with van der Waals surface area (Å²) < 4.78 is 7.39. The van der Waals surface area contributed by atoms with Crippen LogP contribution in [0.5, 0.6) is 0 Å². The topological polar surface area (TPSA) is 85.8 Å². The number of aryl methyl sites for hydroxylation is 2. The molecule has 2 heterocycles. The van der Waals surface area contributed by atoms with E-state index in [0.29, 0.717) is 23.8 Å². The molecule has 146 valence electrons. The van der Waals surface area contributed by atoms with E-state index in [0.717, 1.165) is 23.4 Å². The molecular weight excluding hydrogens is 354 g/mol. The molecule has 0 aliphatic heterocycles. The largest absolute Gasteiger partial charge is 0.349 e. The molecule has 0 bridgehead atoms. The monoisotopic (exact) mass is 379 g/mol. The number of benzene rings is 1. The molecule has 0 saturated carbocycles. The fourth-order valence-corrected chi connectivity index (χ4v) is 3.13. The number of carbonyl (C=O) groups is 1. The maximum absolute atomic E-state index is 12.1. The van der Waals surface area contributed by atoms with Crippen LogP contribution in [0.15, 0.2) is 41.4 Å². The van der Waals surface area contributed by atoms with Gasteiger partial charge in [0.15, 0.2) is 0 Å². The number of hydrogen-bond acceptors (Lipinski definition) is 5. The molecule has 0 saturated heterocycles. The summed E-state index contributed by atoms with van der Waals surface area (Å²) in [5.74, 6) is 0.933. The highest BCUT2D eigenvalue weighted by Gasteiger charge is 2.20. The number of carbonyl (C=O) groups excluding carboxylic acids is 1. The molecule has 1 amide bonds. The minimum absolute atomic E-state index is 0.0573. The van der Waals surface area contributed by atoms with Crippen molar-refractivity contribution in [2.24, 2.45) is 7.05 Å². The Balaban J connectivity index is 1.78. The summed E-state index contributed by atoms with van der Waals surface area (Å²) in [4.78, 5) is 16.7. The van der Waals surface area contributed by atoms with Crippen molar-refractivity contribution in [2.75, 3.05) is 6.54 Å². The summed E-state index contributed by atoms with van der Waals surface area (Å²) in [6.45, 7) is 10.1. The maximum atomic E-state index is 12.1. The van der Waals surface area contributed by atoms with Crippen LogP contribution in [0, 0.1) is 13.8 Å². The van der Waals surface area contributed by atoms with Gasteiger partial charge in [0.1, 0.15) is 0 Å². The van der Waals surface area contributed by atoms with E-state index in [2.05, 4.69) is 41.0 Å². The van der Waals surface area contributed by atoms with Gasteiger partial charge in [-0.3, -0.25) is 9.48 Å². The Morgan fingerprint density at radius 3 is 2.86 bits per heavy atom. The minimum Gasteiger partial charge on any atom is -0.349 e. The molecule has 1 unspecified atom stereocenters. The van der Waals surface area contributed by atoms with Gasteiger partial charge < -0.3 is 9.84 Å². The van der Waals surface area contributed by atoms with E-state index >= 15 is 0 Å². The second kappa shape index (κ2) is 8.21. The molecule has 1 aromatic carbocycles. The molecule has 0 radical (unpaired) electrons. The normalized spacial score (nSPS) is 12.0. The summed E-state index contributed by atoms with van der Waals surface area (Å²) in [5.41, 5.74) is 4.64. The molecule has 0 fully saturated rings. The third-order valence-electron chi connectivity index (χ3n) is 4.82. The first-order valence-corrected chi connectivity index (χ1v) is 9.23. The summed E-state index contributed by atoms with van der Waals surface area (Å²) in [5, 5.41) is 11.3. The first-order valence-electron chi connectivity index (χ1n) is 9.23. The Morgan fingerprint density at radius 1 is 1.39 bits per heavy atom. The zero-order valence-electron chi connectivity index (χ0n) is 16.7. The second-order valence-electron chi connectivity index (χ2n) is 6.91. The number of hydrogen-bond donors (Lipinski definition) is 1. The molecule has 0 aliphatic carbocycles. The van der Waals surface area contributed by atoms with Gasteiger partial charge >= 0.3 is 0 Å². The Hall–Kier alpha value is -3.22. The molecule has 3 rings (SSSR count). The Labute approximate surface area is 164 Å². The van der Waals surface area contributed by atoms with Gasteiger partial charge in [0.2, 0.25) is 11.7 Å². The van der Waals surface area contributed by atoms with Crippen LogP contribution < -0.4 is 5.32 Å². The van der Waals surface area contributed by atoms with Gasteiger partial charge in [-0.25, -0.2) is 0 Å². The van der Waals surface area contributed by atoms with Crippen LogP contribution in [0.2, 0.25) is 0 Å². The standard InChI is InChI=1S/C21H25N5O2/c1-6-10-22-20(27)17-9-7-8-16(12-17)19-23-21(28-25-19)13(2)11-18-14(3)24-26(5)15(18)4/h6-9,12-13H,1,10-11H2,2-5H3,(H,22,27). The SMILES string of the molecule is C=CCNC(=O)c1cccc(-c2noc(C(C)Cc3c(C)nn(C)c3C)n2)c1. The van der Waals surface area contributed by atoms with Crippen molar-refractivity contribution in [2.45, 2.75) is 33.1 Å². The van der Waals surface area contributed by atoms with Crippen molar-refractivity contribution in [3.05, 3.63) is 65.3 Å². The Morgan fingerprint density at radius 2 is 2.18 bits per heavy atom. The van der Waals surface area contributed by atoms with E-state index in [4.69, 9.17) is 4.52 Å². The predicted molar refractivity (Wildman–Crippen MR) is 107 cm³/mol. The molecule has 0 spiro atoms. The lowest BCUT2D eigenvalue weighted by Crippen LogP contribution is -2.23. The highest BCUT2D eigenvalue weighted by Crippen LogP contribution is 2.25. The van der Waals surface area contributed by atoms with Gasteiger partial charge in [-0.05, 0) is 38.0 Å². The van der Waals surface area contributed by atoms with Crippen LogP contribution in [0.25, 0.3) is 11.4 Å². The van der Waals surface area contributed by atoms with E-state index in [1.54, 1.807) is 24.3 Å². The first kappa shape index (κ1) is 19.5. The molecule has 0 aliphatic rings. The number of nitrogens with zero attached hydrogens (tertiary/aromatic N) is 4. The zero-order valence-corrected chi connectivity index (χ0v) is 16.7.